The molecule has 0 radical (unpaired) electrons. The molecular weight excluding hydrogens is 592 g/mol. The summed E-state index contributed by atoms with van der Waals surface area (Å²) >= 11 is 7.82. The molecule has 10 heteroatoms. The number of thioether (sulfide) groups is 1. The minimum atomic E-state index is -4.15. The first-order valence-electron chi connectivity index (χ1n) is 13.1. The highest BCUT2D eigenvalue weighted by Crippen LogP contribution is 2.41. The van der Waals surface area contributed by atoms with Gasteiger partial charge in [0.25, 0.3) is 5.91 Å². The van der Waals surface area contributed by atoms with Crippen molar-refractivity contribution in [2.45, 2.75) is 24.9 Å². The molecule has 0 N–H and O–H groups in total. The lowest BCUT2D eigenvalue weighted by atomic mass is 10.1. The van der Waals surface area contributed by atoms with E-state index in [9.17, 15) is 13.2 Å². The fraction of sp³-hybridized carbons (Fsp3) is 0.125. The third-order valence-electron chi connectivity index (χ3n) is 6.17. The molecular formula is C32H27ClN2O5S2. The van der Waals surface area contributed by atoms with E-state index in [-0.39, 0.29) is 33.9 Å². The summed E-state index contributed by atoms with van der Waals surface area (Å²) in [6.45, 7) is 2.80. The fourth-order valence-electron chi connectivity index (χ4n) is 4.19. The van der Waals surface area contributed by atoms with E-state index in [4.69, 9.17) is 25.5 Å². The lowest BCUT2D eigenvalue weighted by Gasteiger charge is -2.16. The van der Waals surface area contributed by atoms with E-state index < -0.39 is 10.1 Å². The van der Waals surface area contributed by atoms with Gasteiger partial charge in [0.15, 0.2) is 10.9 Å². The monoisotopic (exact) mass is 618 g/mol. The molecule has 42 heavy (non-hydrogen) atoms. The SMILES string of the molecule is CCOc1cc(/C=C2/SC(=NCc3ccccc3)N(Cc3ccccc3)C2=O)cc(Cl)c1OS(=O)(=O)c1ccccc1. The summed E-state index contributed by atoms with van der Waals surface area (Å²) in [5.41, 5.74) is 2.56. The molecule has 1 saturated heterocycles. The van der Waals surface area contributed by atoms with Crippen molar-refractivity contribution in [1.82, 2.24) is 4.90 Å². The molecule has 214 valence electrons. The van der Waals surface area contributed by atoms with Crippen molar-refractivity contribution in [3.05, 3.63) is 130 Å². The van der Waals surface area contributed by atoms with Crippen LogP contribution in [0.1, 0.15) is 23.6 Å². The first-order valence-corrected chi connectivity index (χ1v) is 15.7. The smallest absolute Gasteiger partial charge is 0.339 e. The summed E-state index contributed by atoms with van der Waals surface area (Å²) in [4.78, 5) is 20.5. The van der Waals surface area contributed by atoms with Gasteiger partial charge in [0.05, 0.1) is 29.6 Å². The zero-order valence-electron chi connectivity index (χ0n) is 22.6. The number of halogens is 1. The Balaban J connectivity index is 1.47. The quantitative estimate of drug-likeness (QED) is 0.138. The first kappa shape index (κ1) is 29.4. The van der Waals surface area contributed by atoms with Crippen LogP contribution in [0.2, 0.25) is 5.02 Å². The third kappa shape index (κ3) is 7.05. The maximum Gasteiger partial charge on any atom is 0.339 e. The minimum Gasteiger partial charge on any atom is -0.490 e. The minimum absolute atomic E-state index is 0.0107. The molecule has 0 atom stereocenters. The van der Waals surface area contributed by atoms with Crippen LogP contribution in [0.25, 0.3) is 6.08 Å². The predicted molar refractivity (Wildman–Crippen MR) is 167 cm³/mol. The van der Waals surface area contributed by atoms with Gasteiger partial charge in [0.2, 0.25) is 5.75 Å². The topological polar surface area (TPSA) is 85.3 Å². The summed E-state index contributed by atoms with van der Waals surface area (Å²) in [7, 11) is -4.15. The van der Waals surface area contributed by atoms with E-state index in [2.05, 4.69) is 0 Å². The van der Waals surface area contributed by atoms with Crippen molar-refractivity contribution in [3.8, 4) is 11.5 Å². The van der Waals surface area contributed by atoms with Crippen molar-refractivity contribution >= 4 is 50.6 Å². The number of ether oxygens (including phenoxy) is 1. The molecule has 1 amide bonds. The number of rotatable bonds is 10. The zero-order chi connectivity index (χ0) is 29.5. The number of nitrogens with zero attached hydrogens (tertiary/aromatic N) is 2. The molecule has 4 aromatic carbocycles. The standard InChI is InChI=1S/C32H27ClN2O5S2/c1-2-39-28-19-25(18-27(33)30(28)40-42(37,38)26-16-10-5-11-17-26)20-29-31(36)35(22-24-14-8-4-9-15-24)32(41-29)34-21-23-12-6-3-7-13-23/h3-20H,2,21-22H2,1H3/b29-20+,34-32?. The number of aliphatic imine (C=N–C) groups is 1. The van der Waals surface area contributed by atoms with E-state index in [1.165, 1.54) is 23.9 Å². The van der Waals surface area contributed by atoms with Crippen molar-refractivity contribution in [2.75, 3.05) is 6.61 Å². The Labute approximate surface area is 254 Å². The van der Waals surface area contributed by atoms with Gasteiger partial charge < -0.3 is 8.92 Å². The van der Waals surface area contributed by atoms with E-state index in [1.807, 2.05) is 60.7 Å². The first-order chi connectivity index (χ1) is 20.3. The summed E-state index contributed by atoms with van der Waals surface area (Å²) in [5.74, 6) is -0.173. The van der Waals surface area contributed by atoms with Gasteiger partial charge in [-0.25, -0.2) is 0 Å². The molecule has 0 saturated carbocycles. The van der Waals surface area contributed by atoms with E-state index in [0.29, 0.717) is 28.7 Å². The summed E-state index contributed by atoms with van der Waals surface area (Å²) in [6, 6.07) is 30.5. The lowest BCUT2D eigenvalue weighted by Crippen LogP contribution is -2.28. The Bertz CT molecular complexity index is 1730. The molecule has 1 heterocycles. The fourth-order valence-corrected chi connectivity index (χ4v) is 6.44. The molecule has 0 unspecified atom stereocenters. The van der Waals surface area contributed by atoms with Crippen molar-refractivity contribution in [2.24, 2.45) is 4.99 Å². The van der Waals surface area contributed by atoms with Gasteiger partial charge in [-0.3, -0.25) is 14.7 Å². The second-order valence-corrected chi connectivity index (χ2v) is 12.1. The van der Waals surface area contributed by atoms with Gasteiger partial charge in [-0.15, -0.1) is 0 Å². The number of carbonyl (C=O) groups is 1. The lowest BCUT2D eigenvalue weighted by molar-refractivity contribution is -0.122. The molecule has 0 spiro atoms. The highest BCUT2D eigenvalue weighted by atomic mass is 35.5. The van der Waals surface area contributed by atoms with Gasteiger partial charge in [0.1, 0.15) is 4.90 Å². The average Bonchev–Trinajstić information content (AvgIpc) is 3.28. The number of carbonyl (C=O) groups excluding carboxylic acids is 1. The molecule has 4 aromatic rings. The number of amides is 1. The van der Waals surface area contributed by atoms with Crippen LogP contribution in [-0.2, 0) is 28.0 Å². The number of hydrogen-bond acceptors (Lipinski definition) is 7. The number of amidine groups is 1. The molecule has 1 aliphatic rings. The van der Waals surface area contributed by atoms with Crippen LogP contribution in [0, 0.1) is 0 Å². The van der Waals surface area contributed by atoms with E-state index in [1.54, 1.807) is 48.2 Å². The summed E-state index contributed by atoms with van der Waals surface area (Å²) < 4.78 is 36.9. The molecule has 0 aromatic heterocycles. The predicted octanol–water partition coefficient (Wildman–Crippen LogP) is 7.18. The maximum atomic E-state index is 13.6. The molecule has 7 nitrogen and oxygen atoms in total. The van der Waals surface area contributed by atoms with Crippen molar-refractivity contribution < 1.29 is 22.1 Å². The van der Waals surface area contributed by atoms with Crippen LogP contribution in [0.15, 0.2) is 118 Å². The Morgan fingerprint density at radius 1 is 0.905 bits per heavy atom. The molecule has 1 aliphatic heterocycles. The Morgan fingerprint density at radius 3 is 2.17 bits per heavy atom. The molecule has 0 aliphatic carbocycles. The van der Waals surface area contributed by atoms with Crippen LogP contribution in [0.4, 0.5) is 0 Å². The van der Waals surface area contributed by atoms with Crippen LogP contribution < -0.4 is 8.92 Å². The van der Waals surface area contributed by atoms with E-state index >= 15 is 0 Å². The Morgan fingerprint density at radius 2 is 1.52 bits per heavy atom. The van der Waals surface area contributed by atoms with Crippen molar-refractivity contribution in [3.63, 3.8) is 0 Å². The van der Waals surface area contributed by atoms with Gasteiger partial charge in [-0.2, -0.15) is 8.42 Å². The second-order valence-electron chi connectivity index (χ2n) is 9.19. The largest absolute Gasteiger partial charge is 0.490 e. The summed E-state index contributed by atoms with van der Waals surface area (Å²) in [6.07, 6.45) is 1.69. The summed E-state index contributed by atoms with van der Waals surface area (Å²) in [5, 5.41) is 0.617. The maximum absolute atomic E-state index is 13.6. The van der Waals surface area contributed by atoms with Crippen LogP contribution in [-0.4, -0.2) is 31.0 Å². The van der Waals surface area contributed by atoms with Crippen LogP contribution >= 0.6 is 23.4 Å². The van der Waals surface area contributed by atoms with E-state index in [0.717, 1.165) is 11.1 Å². The number of benzene rings is 4. The highest BCUT2D eigenvalue weighted by Gasteiger charge is 2.33. The molecule has 5 rings (SSSR count). The van der Waals surface area contributed by atoms with Crippen molar-refractivity contribution in [1.29, 1.82) is 0 Å². The van der Waals surface area contributed by atoms with Crippen LogP contribution in [0.5, 0.6) is 11.5 Å². The second kappa shape index (κ2) is 13.3. The normalized spacial score (nSPS) is 15.4. The van der Waals surface area contributed by atoms with Crippen LogP contribution in [0.3, 0.4) is 0 Å². The van der Waals surface area contributed by atoms with Gasteiger partial charge in [0, 0.05) is 0 Å². The Hall–Kier alpha value is -4.05. The average molecular weight is 619 g/mol. The van der Waals surface area contributed by atoms with Gasteiger partial charge in [-0.1, -0.05) is 90.5 Å². The molecule has 1 fully saturated rings. The number of hydrogen-bond donors (Lipinski definition) is 0. The molecule has 0 bridgehead atoms. The van der Waals surface area contributed by atoms with Gasteiger partial charge in [-0.05, 0) is 65.7 Å². The Kier molecular flexibility index (Phi) is 9.31. The zero-order valence-corrected chi connectivity index (χ0v) is 25.0. The highest BCUT2D eigenvalue weighted by molar-refractivity contribution is 8.18. The third-order valence-corrected chi connectivity index (χ3v) is 8.73. The van der Waals surface area contributed by atoms with Gasteiger partial charge >= 0.3 is 10.1 Å².